The number of hydrogen-bond acceptors (Lipinski definition) is 5. The Morgan fingerprint density at radius 3 is 2.10 bits per heavy atom. The number of rotatable bonds is 0. The molecule has 1 heterocycles. The van der Waals surface area contributed by atoms with Gasteiger partial charge in [0.25, 0.3) is 0 Å². The highest BCUT2D eigenvalue weighted by molar-refractivity contribution is 4.81. The molecule has 60 valence electrons. The standard InChI is InChI=1S/C5H10O5/c6-2-1-10-5(9)4(8)3(2)7/h2-9H,1H2/t2-,3-,4-,5?/m1/s1/i3+1. The molecule has 5 heteroatoms. The molecular formula is C5H10O5. The van der Waals surface area contributed by atoms with Crippen molar-refractivity contribution in [1.82, 2.24) is 0 Å². The summed E-state index contributed by atoms with van der Waals surface area (Å²) in [5.41, 5.74) is 0. The summed E-state index contributed by atoms with van der Waals surface area (Å²) >= 11 is 0. The largest absolute Gasteiger partial charge is 0.388 e. The van der Waals surface area contributed by atoms with Crippen molar-refractivity contribution in [3.8, 4) is 0 Å². The molecule has 1 rings (SSSR count). The number of hydrogen-bond donors (Lipinski definition) is 4. The zero-order valence-electron chi connectivity index (χ0n) is 5.21. The molecule has 0 aromatic heterocycles. The van der Waals surface area contributed by atoms with Gasteiger partial charge in [-0.05, 0) is 0 Å². The van der Waals surface area contributed by atoms with E-state index in [0.717, 1.165) is 0 Å². The first-order valence-electron chi connectivity index (χ1n) is 2.97. The van der Waals surface area contributed by atoms with Crippen molar-refractivity contribution in [3.05, 3.63) is 0 Å². The van der Waals surface area contributed by atoms with Crippen LogP contribution in [0.2, 0.25) is 0 Å². The Balaban J connectivity index is 2.52. The number of aliphatic hydroxyl groups is 4. The summed E-state index contributed by atoms with van der Waals surface area (Å²) in [5.74, 6) is 0. The average molecular weight is 151 g/mol. The molecule has 0 aliphatic carbocycles. The molecule has 1 unspecified atom stereocenters. The van der Waals surface area contributed by atoms with Gasteiger partial charge < -0.3 is 25.2 Å². The second-order valence-electron chi connectivity index (χ2n) is 2.27. The van der Waals surface area contributed by atoms with E-state index in [-0.39, 0.29) is 6.61 Å². The maximum Gasteiger partial charge on any atom is 0.183 e. The summed E-state index contributed by atoms with van der Waals surface area (Å²) in [4.78, 5) is 0. The van der Waals surface area contributed by atoms with Gasteiger partial charge in [0.2, 0.25) is 0 Å². The first-order chi connectivity index (χ1) is 4.63. The fourth-order valence-corrected chi connectivity index (χ4v) is 0.791. The molecule has 0 spiro atoms. The predicted molar refractivity (Wildman–Crippen MR) is 30.0 cm³/mol. The lowest BCUT2D eigenvalue weighted by Gasteiger charge is -2.31. The maximum absolute atomic E-state index is 8.88. The summed E-state index contributed by atoms with van der Waals surface area (Å²) in [6.07, 6.45) is -5.23. The van der Waals surface area contributed by atoms with Crippen LogP contribution in [0.1, 0.15) is 0 Å². The third-order valence-corrected chi connectivity index (χ3v) is 1.47. The molecule has 0 amide bonds. The first-order valence-corrected chi connectivity index (χ1v) is 2.97. The monoisotopic (exact) mass is 151 g/mol. The fourth-order valence-electron chi connectivity index (χ4n) is 0.791. The highest BCUT2D eigenvalue weighted by Crippen LogP contribution is 2.12. The minimum atomic E-state index is -1.41. The molecule has 5 nitrogen and oxygen atoms in total. The zero-order chi connectivity index (χ0) is 7.72. The molecule has 0 aromatic rings. The van der Waals surface area contributed by atoms with Gasteiger partial charge in [-0.3, -0.25) is 0 Å². The van der Waals surface area contributed by atoms with Gasteiger partial charge in [-0.1, -0.05) is 0 Å². The zero-order valence-corrected chi connectivity index (χ0v) is 5.21. The van der Waals surface area contributed by atoms with E-state index in [1.54, 1.807) is 0 Å². The molecule has 1 fully saturated rings. The molecule has 0 saturated carbocycles. The van der Waals surface area contributed by atoms with E-state index in [1.165, 1.54) is 0 Å². The van der Waals surface area contributed by atoms with E-state index in [4.69, 9.17) is 20.4 Å². The SMILES string of the molecule is OC1OC[C@@H](O)[13C@@H](O)[C@H]1O. The third-order valence-electron chi connectivity index (χ3n) is 1.47. The Bertz CT molecular complexity index is 103. The van der Waals surface area contributed by atoms with E-state index >= 15 is 0 Å². The lowest BCUT2D eigenvalue weighted by Crippen LogP contribution is -2.52. The van der Waals surface area contributed by atoms with Gasteiger partial charge in [0.1, 0.15) is 18.3 Å². The fraction of sp³-hybridized carbons (Fsp3) is 1.00. The molecule has 0 radical (unpaired) electrons. The molecule has 1 saturated heterocycles. The Labute approximate surface area is 57.5 Å². The lowest BCUT2D eigenvalue weighted by atomic mass is 10.3. The molecule has 0 bridgehead atoms. The van der Waals surface area contributed by atoms with Gasteiger partial charge in [-0.2, -0.15) is 0 Å². The number of aliphatic hydroxyl groups excluding tert-OH is 4. The van der Waals surface area contributed by atoms with E-state index in [1.807, 2.05) is 0 Å². The second-order valence-corrected chi connectivity index (χ2v) is 2.27. The van der Waals surface area contributed by atoms with Crippen molar-refractivity contribution >= 4 is 0 Å². The minimum Gasteiger partial charge on any atom is -0.388 e. The van der Waals surface area contributed by atoms with Gasteiger partial charge >= 0.3 is 0 Å². The van der Waals surface area contributed by atoms with Crippen molar-refractivity contribution in [1.29, 1.82) is 0 Å². The molecular weight excluding hydrogens is 141 g/mol. The highest BCUT2D eigenvalue weighted by Gasteiger charge is 2.36. The minimum absolute atomic E-state index is 0.153. The van der Waals surface area contributed by atoms with Crippen LogP contribution in [0.5, 0.6) is 0 Å². The summed E-state index contributed by atoms with van der Waals surface area (Å²) in [5, 5.41) is 35.3. The highest BCUT2D eigenvalue weighted by atomic mass is 16.6. The van der Waals surface area contributed by atoms with Gasteiger partial charge in [-0.25, -0.2) is 0 Å². The molecule has 0 aromatic carbocycles. The van der Waals surface area contributed by atoms with Gasteiger partial charge in [0.05, 0.1) is 6.61 Å². The summed E-state index contributed by atoms with van der Waals surface area (Å²) in [6.45, 7) is -0.153. The van der Waals surface area contributed by atoms with Crippen LogP contribution in [0, 0.1) is 0 Å². The smallest absolute Gasteiger partial charge is 0.183 e. The van der Waals surface area contributed by atoms with Crippen molar-refractivity contribution in [2.24, 2.45) is 0 Å². The lowest BCUT2D eigenvalue weighted by molar-refractivity contribution is -0.252. The van der Waals surface area contributed by atoms with E-state index in [2.05, 4.69) is 4.74 Å². The van der Waals surface area contributed by atoms with Crippen molar-refractivity contribution in [3.63, 3.8) is 0 Å². The third kappa shape index (κ3) is 1.28. The molecule has 10 heavy (non-hydrogen) atoms. The van der Waals surface area contributed by atoms with E-state index in [0.29, 0.717) is 0 Å². The van der Waals surface area contributed by atoms with Crippen molar-refractivity contribution < 1.29 is 25.2 Å². The van der Waals surface area contributed by atoms with Crippen LogP contribution in [0.15, 0.2) is 0 Å². The Morgan fingerprint density at radius 2 is 1.60 bits per heavy atom. The number of ether oxygens (including phenoxy) is 1. The molecule has 1 aliphatic heterocycles. The topological polar surface area (TPSA) is 90.2 Å². The van der Waals surface area contributed by atoms with Crippen molar-refractivity contribution in [2.75, 3.05) is 6.61 Å². The summed E-state index contributed by atoms with van der Waals surface area (Å²) in [6, 6.07) is 0. The maximum atomic E-state index is 8.88. The van der Waals surface area contributed by atoms with Crippen LogP contribution in [0.3, 0.4) is 0 Å². The molecule has 4 atom stereocenters. The Morgan fingerprint density at radius 1 is 1.00 bits per heavy atom. The van der Waals surface area contributed by atoms with Crippen LogP contribution < -0.4 is 0 Å². The Kier molecular flexibility index (Phi) is 2.22. The van der Waals surface area contributed by atoms with Crippen LogP contribution >= 0.6 is 0 Å². The Hall–Kier alpha value is -0.200. The summed E-state index contributed by atoms with van der Waals surface area (Å²) in [7, 11) is 0. The first kappa shape index (κ1) is 7.90. The quantitative estimate of drug-likeness (QED) is 0.285. The second kappa shape index (κ2) is 2.81. The van der Waals surface area contributed by atoms with Crippen LogP contribution in [-0.2, 0) is 4.74 Å². The van der Waals surface area contributed by atoms with Gasteiger partial charge in [0.15, 0.2) is 6.29 Å². The van der Waals surface area contributed by atoms with Gasteiger partial charge in [0, 0.05) is 0 Å². The normalized spacial score (nSPS) is 49.2. The molecule has 1 aliphatic rings. The van der Waals surface area contributed by atoms with E-state index < -0.39 is 24.6 Å². The van der Waals surface area contributed by atoms with Crippen LogP contribution in [0.4, 0.5) is 0 Å². The average Bonchev–Trinajstić information content (AvgIpc) is 1.93. The van der Waals surface area contributed by atoms with Crippen molar-refractivity contribution in [2.45, 2.75) is 24.6 Å². The predicted octanol–water partition coefficient (Wildman–Crippen LogP) is -2.58. The van der Waals surface area contributed by atoms with E-state index in [9.17, 15) is 0 Å². The summed E-state index contributed by atoms with van der Waals surface area (Å²) < 4.78 is 4.47. The van der Waals surface area contributed by atoms with Gasteiger partial charge in [-0.15, -0.1) is 0 Å². The van der Waals surface area contributed by atoms with Crippen LogP contribution in [-0.4, -0.2) is 51.6 Å². The van der Waals surface area contributed by atoms with Crippen LogP contribution in [0.25, 0.3) is 0 Å². The molecule has 4 N–H and O–H groups in total.